The molecule has 0 spiro atoms. The first kappa shape index (κ1) is 19.6. The predicted molar refractivity (Wildman–Crippen MR) is 121 cm³/mol. The van der Waals surface area contributed by atoms with Gasteiger partial charge in [-0.2, -0.15) is 5.10 Å². The summed E-state index contributed by atoms with van der Waals surface area (Å²) in [5.41, 5.74) is 4.44. The molecule has 1 aromatic carbocycles. The van der Waals surface area contributed by atoms with E-state index in [0.29, 0.717) is 22.6 Å². The lowest BCUT2D eigenvalue weighted by Gasteiger charge is -2.27. The molecule has 0 unspecified atom stereocenters. The summed E-state index contributed by atoms with van der Waals surface area (Å²) in [5, 5.41) is 5.27. The Balaban J connectivity index is 1.42. The third-order valence-electron chi connectivity index (χ3n) is 6.16. The van der Waals surface area contributed by atoms with Crippen molar-refractivity contribution in [2.45, 2.75) is 32.1 Å². The smallest absolute Gasteiger partial charge is 0.253 e. The van der Waals surface area contributed by atoms with E-state index in [1.165, 1.54) is 32.1 Å². The third kappa shape index (κ3) is 4.00. The molecule has 0 radical (unpaired) electrons. The van der Waals surface area contributed by atoms with Gasteiger partial charge in [-0.1, -0.05) is 19.3 Å². The van der Waals surface area contributed by atoms with E-state index in [1.807, 2.05) is 49.5 Å². The van der Waals surface area contributed by atoms with Crippen molar-refractivity contribution in [3.8, 4) is 11.3 Å². The Labute approximate surface area is 181 Å². The van der Waals surface area contributed by atoms with Gasteiger partial charge in [0.1, 0.15) is 0 Å². The Morgan fingerprint density at radius 3 is 2.77 bits per heavy atom. The first-order chi connectivity index (χ1) is 15.1. The van der Waals surface area contributed by atoms with Gasteiger partial charge in [-0.05, 0) is 43.0 Å². The van der Waals surface area contributed by atoms with Gasteiger partial charge in [-0.25, -0.2) is 9.97 Å². The number of aromatic nitrogens is 5. The van der Waals surface area contributed by atoms with E-state index in [2.05, 4.69) is 15.1 Å². The number of nitrogens with zero attached hydrogens (tertiary/aromatic N) is 6. The summed E-state index contributed by atoms with van der Waals surface area (Å²) in [6, 6.07) is 7.58. The third-order valence-corrected chi connectivity index (χ3v) is 6.16. The number of hydrogen-bond acceptors (Lipinski definition) is 5. The van der Waals surface area contributed by atoms with Crippen molar-refractivity contribution in [1.82, 2.24) is 29.6 Å². The molecule has 1 amide bonds. The van der Waals surface area contributed by atoms with E-state index in [4.69, 9.17) is 4.98 Å². The van der Waals surface area contributed by atoms with Crippen LogP contribution in [0.4, 0.5) is 0 Å². The summed E-state index contributed by atoms with van der Waals surface area (Å²) >= 11 is 0. The number of amides is 1. The molecule has 0 N–H and O–H groups in total. The van der Waals surface area contributed by atoms with Crippen molar-refractivity contribution in [1.29, 1.82) is 0 Å². The quantitative estimate of drug-likeness (QED) is 0.499. The number of carbonyl (C=O) groups is 1. The molecular formula is C24H26N6O. The molecular weight excluding hydrogens is 388 g/mol. The molecule has 7 nitrogen and oxygen atoms in total. The van der Waals surface area contributed by atoms with E-state index in [9.17, 15) is 4.79 Å². The Morgan fingerprint density at radius 2 is 1.94 bits per heavy atom. The molecule has 1 saturated carbocycles. The van der Waals surface area contributed by atoms with Gasteiger partial charge in [0.2, 0.25) is 0 Å². The fourth-order valence-electron chi connectivity index (χ4n) is 4.52. The standard InChI is InChI=1S/C24H26N6O/c1-29(14-16-6-4-3-5-7-16)24(31)17-8-9-20-21(11-17)27-22(13-25-20)18-10-19-15-30(2)28-23(19)26-12-18/h8-13,15-16H,3-7,14H2,1-2H3. The zero-order valence-electron chi connectivity index (χ0n) is 18.0. The largest absolute Gasteiger partial charge is 0.341 e. The Hall–Kier alpha value is -3.35. The highest BCUT2D eigenvalue weighted by atomic mass is 16.2. The summed E-state index contributed by atoms with van der Waals surface area (Å²) in [5.74, 6) is 0.655. The maximum Gasteiger partial charge on any atom is 0.253 e. The van der Waals surface area contributed by atoms with Gasteiger partial charge in [0.15, 0.2) is 5.65 Å². The summed E-state index contributed by atoms with van der Waals surface area (Å²) in [4.78, 5) is 28.6. The molecule has 0 aliphatic heterocycles. The number of benzene rings is 1. The van der Waals surface area contributed by atoms with Gasteiger partial charge in [-0.3, -0.25) is 14.5 Å². The Kier molecular flexibility index (Phi) is 5.10. The fraction of sp³-hybridized carbons (Fsp3) is 0.375. The summed E-state index contributed by atoms with van der Waals surface area (Å²) in [6.07, 6.45) is 11.8. The number of fused-ring (bicyclic) bond motifs is 2. The van der Waals surface area contributed by atoms with Crippen molar-refractivity contribution in [2.75, 3.05) is 13.6 Å². The van der Waals surface area contributed by atoms with E-state index in [0.717, 1.165) is 28.7 Å². The van der Waals surface area contributed by atoms with Gasteiger partial charge >= 0.3 is 0 Å². The number of aryl methyl sites for hydroxylation is 1. The molecule has 158 valence electrons. The minimum absolute atomic E-state index is 0.0399. The first-order valence-electron chi connectivity index (χ1n) is 10.9. The van der Waals surface area contributed by atoms with Gasteiger partial charge in [-0.15, -0.1) is 0 Å². The van der Waals surface area contributed by atoms with Gasteiger partial charge in [0, 0.05) is 49.5 Å². The van der Waals surface area contributed by atoms with Crippen LogP contribution in [0.5, 0.6) is 0 Å². The number of pyridine rings is 1. The predicted octanol–water partition coefficient (Wildman–Crippen LogP) is 4.23. The lowest BCUT2D eigenvalue weighted by atomic mass is 9.89. The van der Waals surface area contributed by atoms with Crippen LogP contribution in [0.25, 0.3) is 33.3 Å². The van der Waals surface area contributed by atoms with E-state index in [-0.39, 0.29) is 5.91 Å². The average molecular weight is 415 g/mol. The first-order valence-corrected chi connectivity index (χ1v) is 10.9. The van der Waals surface area contributed by atoms with Crippen LogP contribution in [0.3, 0.4) is 0 Å². The van der Waals surface area contributed by atoms with Crippen LogP contribution < -0.4 is 0 Å². The topological polar surface area (TPSA) is 76.8 Å². The maximum absolute atomic E-state index is 13.0. The SMILES string of the molecule is CN(CC1CCCCC1)C(=O)c1ccc2ncc(-c3cnc4nn(C)cc4c3)nc2c1. The van der Waals surface area contributed by atoms with Gasteiger partial charge < -0.3 is 4.90 Å². The normalized spacial score (nSPS) is 14.9. The highest BCUT2D eigenvalue weighted by molar-refractivity contribution is 5.97. The van der Waals surface area contributed by atoms with Crippen molar-refractivity contribution in [3.63, 3.8) is 0 Å². The van der Waals surface area contributed by atoms with Crippen molar-refractivity contribution in [3.05, 3.63) is 48.4 Å². The molecule has 3 heterocycles. The zero-order valence-corrected chi connectivity index (χ0v) is 18.0. The second-order valence-electron chi connectivity index (χ2n) is 8.59. The van der Waals surface area contributed by atoms with Crippen molar-refractivity contribution >= 4 is 28.0 Å². The van der Waals surface area contributed by atoms with E-state index >= 15 is 0 Å². The number of carbonyl (C=O) groups excluding carboxylic acids is 1. The molecule has 5 rings (SSSR count). The second-order valence-corrected chi connectivity index (χ2v) is 8.59. The number of rotatable bonds is 4. The molecule has 4 aromatic rings. The molecule has 0 saturated heterocycles. The van der Waals surface area contributed by atoms with Crippen molar-refractivity contribution < 1.29 is 4.79 Å². The summed E-state index contributed by atoms with van der Waals surface area (Å²) < 4.78 is 1.75. The maximum atomic E-state index is 13.0. The zero-order chi connectivity index (χ0) is 21.4. The lowest BCUT2D eigenvalue weighted by Crippen LogP contribution is -2.32. The molecule has 0 atom stereocenters. The van der Waals surface area contributed by atoms with Gasteiger partial charge in [0.05, 0.1) is 22.9 Å². The minimum atomic E-state index is 0.0399. The molecule has 0 bridgehead atoms. The van der Waals surface area contributed by atoms with Gasteiger partial charge in [0.25, 0.3) is 5.91 Å². The van der Waals surface area contributed by atoms with Crippen molar-refractivity contribution in [2.24, 2.45) is 13.0 Å². The molecule has 7 heteroatoms. The average Bonchev–Trinajstić information content (AvgIpc) is 3.17. The monoisotopic (exact) mass is 414 g/mol. The summed E-state index contributed by atoms with van der Waals surface area (Å²) in [7, 11) is 3.78. The Bertz CT molecular complexity index is 1260. The minimum Gasteiger partial charge on any atom is -0.341 e. The molecule has 3 aromatic heterocycles. The number of hydrogen-bond donors (Lipinski definition) is 0. The second kappa shape index (κ2) is 8.06. The summed E-state index contributed by atoms with van der Waals surface area (Å²) in [6.45, 7) is 0.819. The molecule has 31 heavy (non-hydrogen) atoms. The van der Waals surface area contributed by atoms with Crippen LogP contribution in [0, 0.1) is 5.92 Å². The Morgan fingerprint density at radius 1 is 1.10 bits per heavy atom. The molecule has 1 aliphatic carbocycles. The highest BCUT2D eigenvalue weighted by Gasteiger charge is 2.19. The van der Waals surface area contributed by atoms with Crippen LogP contribution in [0.2, 0.25) is 0 Å². The van der Waals surface area contributed by atoms with Crippen LogP contribution in [0.15, 0.2) is 42.9 Å². The van der Waals surface area contributed by atoms with Crippen LogP contribution >= 0.6 is 0 Å². The van der Waals surface area contributed by atoms with Crippen LogP contribution in [-0.2, 0) is 7.05 Å². The fourth-order valence-corrected chi connectivity index (χ4v) is 4.52. The molecule has 1 fully saturated rings. The molecule has 1 aliphatic rings. The van der Waals surface area contributed by atoms with Crippen LogP contribution in [0.1, 0.15) is 42.5 Å². The highest BCUT2D eigenvalue weighted by Crippen LogP contribution is 2.25. The lowest BCUT2D eigenvalue weighted by molar-refractivity contribution is 0.0760. The van der Waals surface area contributed by atoms with Crippen LogP contribution in [-0.4, -0.2) is 49.1 Å². The van der Waals surface area contributed by atoms with E-state index < -0.39 is 0 Å². The van der Waals surface area contributed by atoms with E-state index in [1.54, 1.807) is 17.1 Å².